The first kappa shape index (κ1) is 33.6. The van der Waals surface area contributed by atoms with E-state index in [-0.39, 0.29) is 29.7 Å². The molecule has 0 radical (unpaired) electrons. The number of aromatic nitrogens is 2. The van der Waals surface area contributed by atoms with E-state index < -0.39 is 46.8 Å². The van der Waals surface area contributed by atoms with Crippen molar-refractivity contribution >= 4 is 68.2 Å². The third kappa shape index (κ3) is 4.59. The van der Waals surface area contributed by atoms with Gasteiger partial charge in [0.15, 0.2) is 11.5 Å². The van der Waals surface area contributed by atoms with Gasteiger partial charge >= 0.3 is 0 Å². The van der Waals surface area contributed by atoms with Gasteiger partial charge in [-0.1, -0.05) is 53.6 Å². The zero-order chi connectivity index (χ0) is 37.1. The zero-order valence-corrected chi connectivity index (χ0v) is 30.9. The van der Waals surface area contributed by atoms with E-state index in [2.05, 4.69) is 0 Å². The Morgan fingerprint density at radius 2 is 1.72 bits per heavy atom. The first-order valence-electron chi connectivity index (χ1n) is 17.6. The molecule has 0 bridgehead atoms. The normalized spacial score (nSPS) is 26.6. The number of halogens is 1. The molecular formula is C41H35ClN4O6S. The number of amides is 4. The summed E-state index contributed by atoms with van der Waals surface area (Å²) >= 11 is 7.88. The van der Waals surface area contributed by atoms with Gasteiger partial charge in [-0.3, -0.25) is 28.8 Å². The first-order valence-corrected chi connectivity index (χ1v) is 18.7. The van der Waals surface area contributed by atoms with Crippen molar-refractivity contribution in [2.24, 2.45) is 36.1 Å². The van der Waals surface area contributed by atoms with E-state index in [4.69, 9.17) is 21.4 Å². The number of anilines is 2. The standard InChI is InChI=1S/C41H35ClN4O6S/c1-20-26-17-21(42)13-16-31(26)53-36(20)29-19-32(44(3)43-29)46-38(49)28-18-27-23(34(41(28,2)40(46)51)25-11-8-12-30(52-4)35(25)47)14-15-24-33(27)39(50)45(37(24)48)22-9-6-5-7-10-22/h5-14,16-17,19,24,27-28,33-34,47H,15,18H2,1-4H3. The van der Waals surface area contributed by atoms with E-state index in [9.17, 15) is 19.5 Å². The summed E-state index contributed by atoms with van der Waals surface area (Å²) in [5.41, 5.74) is 1.97. The average molecular weight is 747 g/mol. The van der Waals surface area contributed by atoms with Gasteiger partial charge in [-0.15, -0.1) is 11.3 Å². The highest BCUT2D eigenvalue weighted by atomic mass is 35.5. The highest BCUT2D eigenvalue weighted by Gasteiger charge is 2.68. The summed E-state index contributed by atoms with van der Waals surface area (Å²) < 4.78 is 8.10. The number of fused-ring (bicyclic) bond motifs is 5. The number of benzene rings is 3. The Morgan fingerprint density at radius 1 is 0.943 bits per heavy atom. The Kier molecular flexibility index (Phi) is 7.52. The van der Waals surface area contributed by atoms with Crippen LogP contribution < -0.4 is 14.5 Å². The summed E-state index contributed by atoms with van der Waals surface area (Å²) in [6.45, 7) is 3.79. The second kappa shape index (κ2) is 11.9. The van der Waals surface area contributed by atoms with Crippen LogP contribution in [0.25, 0.3) is 20.7 Å². The molecule has 4 heterocycles. The maximum atomic E-state index is 15.1. The molecule has 6 unspecified atom stereocenters. The van der Waals surface area contributed by atoms with Crippen molar-refractivity contribution in [2.45, 2.75) is 32.6 Å². The van der Waals surface area contributed by atoms with Gasteiger partial charge in [-0.25, -0.2) is 4.90 Å². The number of rotatable bonds is 5. The van der Waals surface area contributed by atoms with Crippen LogP contribution in [0.5, 0.6) is 11.5 Å². The number of phenolic OH excluding ortho intramolecular Hbond substituents is 1. The molecule has 268 valence electrons. The summed E-state index contributed by atoms with van der Waals surface area (Å²) in [5.74, 6) is -4.52. The van der Waals surface area contributed by atoms with E-state index in [0.29, 0.717) is 34.2 Å². The number of aromatic hydroxyl groups is 1. The molecule has 0 spiro atoms. The molecule has 9 rings (SSSR count). The smallest absolute Gasteiger partial charge is 0.242 e. The van der Waals surface area contributed by atoms with Crippen LogP contribution in [0.3, 0.4) is 0 Å². The van der Waals surface area contributed by atoms with E-state index in [1.165, 1.54) is 16.9 Å². The molecule has 53 heavy (non-hydrogen) atoms. The third-order valence-electron chi connectivity index (χ3n) is 12.1. The molecule has 3 fully saturated rings. The molecule has 2 aliphatic carbocycles. The molecule has 5 aromatic rings. The number of phenols is 1. The number of nitrogens with zero attached hydrogens (tertiary/aromatic N) is 4. The van der Waals surface area contributed by atoms with Gasteiger partial charge in [-0.2, -0.15) is 5.10 Å². The zero-order valence-electron chi connectivity index (χ0n) is 29.4. The summed E-state index contributed by atoms with van der Waals surface area (Å²) in [6.07, 6.45) is 2.45. The average Bonchev–Trinajstić information content (AvgIpc) is 3.82. The lowest BCUT2D eigenvalue weighted by atomic mass is 9.51. The predicted octanol–water partition coefficient (Wildman–Crippen LogP) is 7.41. The molecular weight excluding hydrogens is 712 g/mol. The summed E-state index contributed by atoms with van der Waals surface area (Å²) in [5, 5.41) is 18.1. The van der Waals surface area contributed by atoms with Crippen molar-refractivity contribution in [1.82, 2.24) is 9.78 Å². The van der Waals surface area contributed by atoms with Gasteiger partial charge in [0.25, 0.3) is 0 Å². The molecule has 2 aromatic heterocycles. The third-order valence-corrected chi connectivity index (χ3v) is 13.6. The Hall–Kier alpha value is -5.26. The number of hydrogen-bond acceptors (Lipinski definition) is 8. The highest BCUT2D eigenvalue weighted by Crippen LogP contribution is 2.65. The fourth-order valence-corrected chi connectivity index (χ4v) is 10.9. The Bertz CT molecular complexity index is 2450. The molecule has 3 aromatic carbocycles. The first-order chi connectivity index (χ1) is 25.4. The fraction of sp³-hybridized carbons (Fsp3) is 0.293. The van der Waals surface area contributed by atoms with Crippen molar-refractivity contribution in [2.75, 3.05) is 16.9 Å². The van der Waals surface area contributed by atoms with E-state index in [1.807, 2.05) is 37.3 Å². The van der Waals surface area contributed by atoms with Gasteiger partial charge in [0.2, 0.25) is 23.6 Å². The number of aryl methyl sites for hydroxylation is 2. The van der Waals surface area contributed by atoms with E-state index in [0.717, 1.165) is 26.1 Å². The number of carbonyl (C=O) groups is 4. The Balaban J connectivity index is 1.17. The SMILES string of the molecule is COc1cccc(C2C3=CCC4C(=O)N(c5ccccc5)C(=O)C4C3CC3C(=O)N(c4cc(-c5sc6ccc(Cl)cc6c5C)nn4C)C(=O)C32C)c1O. The minimum atomic E-state index is -1.35. The van der Waals surface area contributed by atoms with Crippen LogP contribution in [0.1, 0.15) is 36.8 Å². The van der Waals surface area contributed by atoms with Gasteiger partial charge in [0, 0.05) is 34.3 Å². The lowest BCUT2D eigenvalue weighted by molar-refractivity contribution is -0.131. The number of methoxy groups -OCH3 is 1. The van der Waals surface area contributed by atoms with Gasteiger partial charge in [0.05, 0.1) is 40.8 Å². The fourth-order valence-electron chi connectivity index (χ4n) is 9.56. The lowest BCUT2D eigenvalue weighted by Gasteiger charge is -2.49. The number of ether oxygens (including phenoxy) is 1. The molecule has 1 saturated carbocycles. The summed E-state index contributed by atoms with van der Waals surface area (Å²) in [6, 6.07) is 21.5. The molecule has 4 amide bonds. The quantitative estimate of drug-likeness (QED) is 0.147. The van der Waals surface area contributed by atoms with Crippen LogP contribution in [0, 0.1) is 36.0 Å². The van der Waals surface area contributed by atoms with Crippen molar-refractivity contribution in [1.29, 1.82) is 0 Å². The van der Waals surface area contributed by atoms with Gasteiger partial charge in [0.1, 0.15) is 11.5 Å². The van der Waals surface area contributed by atoms with Crippen LogP contribution in [0.15, 0.2) is 84.4 Å². The molecule has 2 aliphatic heterocycles. The molecule has 1 N–H and O–H groups in total. The Morgan fingerprint density at radius 3 is 2.47 bits per heavy atom. The summed E-state index contributed by atoms with van der Waals surface area (Å²) in [4.78, 5) is 61.6. The number of carbonyl (C=O) groups excluding carboxylic acids is 4. The van der Waals surface area contributed by atoms with Gasteiger partial charge < -0.3 is 9.84 Å². The minimum Gasteiger partial charge on any atom is -0.504 e. The minimum absolute atomic E-state index is 0.134. The van der Waals surface area contributed by atoms with Crippen LogP contribution in [0.4, 0.5) is 11.5 Å². The van der Waals surface area contributed by atoms with Crippen LogP contribution in [-0.2, 0) is 26.2 Å². The topological polar surface area (TPSA) is 122 Å². The number of imide groups is 2. The molecule has 2 saturated heterocycles. The Labute approximate surface area is 314 Å². The van der Waals surface area contributed by atoms with E-state index in [1.54, 1.807) is 78.5 Å². The van der Waals surface area contributed by atoms with Crippen molar-refractivity contribution < 1.29 is 29.0 Å². The second-order valence-corrected chi connectivity index (χ2v) is 16.1. The maximum absolute atomic E-state index is 15.1. The second-order valence-electron chi connectivity index (χ2n) is 14.6. The predicted molar refractivity (Wildman–Crippen MR) is 202 cm³/mol. The monoisotopic (exact) mass is 746 g/mol. The number of thiophene rings is 1. The molecule has 4 aliphatic rings. The molecule has 6 atom stereocenters. The van der Waals surface area contributed by atoms with Gasteiger partial charge in [-0.05, 0) is 80.0 Å². The van der Waals surface area contributed by atoms with Crippen LogP contribution >= 0.6 is 22.9 Å². The highest BCUT2D eigenvalue weighted by molar-refractivity contribution is 7.22. The lowest BCUT2D eigenvalue weighted by Crippen LogP contribution is -2.49. The molecule has 12 heteroatoms. The largest absolute Gasteiger partial charge is 0.504 e. The van der Waals surface area contributed by atoms with E-state index >= 15 is 4.79 Å². The van der Waals surface area contributed by atoms with Crippen LogP contribution in [0.2, 0.25) is 5.02 Å². The van der Waals surface area contributed by atoms with Crippen molar-refractivity contribution in [3.05, 3.63) is 101 Å². The number of para-hydroxylation sites is 2. The number of hydrogen-bond donors (Lipinski definition) is 1. The van der Waals surface area contributed by atoms with Crippen LogP contribution in [-0.4, -0.2) is 45.6 Å². The number of allylic oxidation sites excluding steroid dienone is 2. The summed E-state index contributed by atoms with van der Waals surface area (Å²) in [7, 11) is 3.17. The van der Waals surface area contributed by atoms with Crippen molar-refractivity contribution in [3.8, 4) is 22.1 Å². The maximum Gasteiger partial charge on any atom is 0.242 e. The van der Waals surface area contributed by atoms with Crippen molar-refractivity contribution in [3.63, 3.8) is 0 Å². The molecule has 10 nitrogen and oxygen atoms in total.